The van der Waals surface area contributed by atoms with E-state index in [4.69, 9.17) is 5.11 Å². The van der Waals surface area contributed by atoms with Crippen LogP contribution in [0, 0.1) is 5.92 Å². The Morgan fingerprint density at radius 1 is 1.19 bits per heavy atom. The Balaban J connectivity index is 2.86. The van der Waals surface area contributed by atoms with E-state index in [0.29, 0.717) is 6.54 Å². The highest BCUT2D eigenvalue weighted by Crippen LogP contribution is 2.13. The van der Waals surface area contributed by atoms with Crippen LogP contribution in [0.2, 0.25) is 0 Å². The van der Waals surface area contributed by atoms with E-state index in [1.54, 1.807) is 11.8 Å². The lowest BCUT2D eigenvalue weighted by atomic mass is 10.1. The maximum Gasteiger partial charge on any atom is 0.242 e. The minimum Gasteiger partial charge on any atom is -0.395 e. The third-order valence-corrected chi connectivity index (χ3v) is 3.23. The number of benzene rings is 1. The molecule has 2 N–H and O–H groups in total. The quantitative estimate of drug-likeness (QED) is 0.792. The van der Waals surface area contributed by atoms with Crippen molar-refractivity contribution < 1.29 is 14.7 Å². The van der Waals surface area contributed by atoms with E-state index in [9.17, 15) is 9.59 Å². The largest absolute Gasteiger partial charge is 0.395 e. The van der Waals surface area contributed by atoms with Gasteiger partial charge in [-0.15, -0.1) is 0 Å². The predicted octanol–water partition coefficient (Wildman–Crippen LogP) is 1.17. The van der Waals surface area contributed by atoms with Crippen molar-refractivity contribution in [2.75, 3.05) is 13.2 Å². The molecule has 116 valence electrons. The van der Waals surface area contributed by atoms with Crippen LogP contribution >= 0.6 is 0 Å². The van der Waals surface area contributed by atoms with E-state index in [2.05, 4.69) is 5.32 Å². The Morgan fingerprint density at radius 2 is 1.81 bits per heavy atom. The van der Waals surface area contributed by atoms with Crippen LogP contribution in [0.5, 0.6) is 0 Å². The van der Waals surface area contributed by atoms with Crippen LogP contribution in [0.3, 0.4) is 0 Å². The van der Waals surface area contributed by atoms with Gasteiger partial charge in [0.2, 0.25) is 11.8 Å². The van der Waals surface area contributed by atoms with E-state index in [-0.39, 0.29) is 30.9 Å². The van der Waals surface area contributed by atoms with Crippen LogP contribution in [0.15, 0.2) is 30.3 Å². The molecule has 0 aliphatic rings. The molecule has 0 bridgehead atoms. The molecule has 0 saturated heterocycles. The van der Waals surface area contributed by atoms with Gasteiger partial charge in [0.05, 0.1) is 6.61 Å². The molecule has 0 aliphatic carbocycles. The Bertz CT molecular complexity index is 460. The number of nitrogens with zero attached hydrogens (tertiary/aromatic N) is 1. The van der Waals surface area contributed by atoms with Crippen molar-refractivity contribution in [1.82, 2.24) is 10.2 Å². The molecule has 2 amide bonds. The summed E-state index contributed by atoms with van der Waals surface area (Å²) in [6, 6.07) is 9.01. The first-order valence-corrected chi connectivity index (χ1v) is 7.20. The average molecular weight is 292 g/mol. The molecule has 0 heterocycles. The van der Waals surface area contributed by atoms with Gasteiger partial charge in [-0.05, 0) is 12.5 Å². The Kier molecular flexibility index (Phi) is 6.88. The van der Waals surface area contributed by atoms with Crippen molar-refractivity contribution in [2.24, 2.45) is 5.92 Å². The fourth-order valence-corrected chi connectivity index (χ4v) is 1.99. The lowest BCUT2D eigenvalue weighted by molar-refractivity contribution is -0.143. The molecule has 5 nitrogen and oxygen atoms in total. The summed E-state index contributed by atoms with van der Waals surface area (Å²) in [4.78, 5) is 26.0. The van der Waals surface area contributed by atoms with E-state index in [1.165, 1.54) is 0 Å². The lowest BCUT2D eigenvalue weighted by Crippen LogP contribution is -2.49. The summed E-state index contributed by atoms with van der Waals surface area (Å²) >= 11 is 0. The zero-order valence-electron chi connectivity index (χ0n) is 12.9. The van der Waals surface area contributed by atoms with Gasteiger partial charge in [0, 0.05) is 19.0 Å². The number of nitrogens with one attached hydrogen (secondary N) is 1. The molecule has 21 heavy (non-hydrogen) atoms. The summed E-state index contributed by atoms with van der Waals surface area (Å²) in [5, 5.41) is 11.4. The molecule has 0 saturated carbocycles. The summed E-state index contributed by atoms with van der Waals surface area (Å²) in [6.45, 7) is 5.81. The second-order valence-corrected chi connectivity index (χ2v) is 5.30. The fourth-order valence-electron chi connectivity index (χ4n) is 1.99. The maximum atomic E-state index is 12.4. The third kappa shape index (κ3) is 5.19. The predicted molar refractivity (Wildman–Crippen MR) is 81.4 cm³/mol. The normalized spacial score (nSPS) is 12.0. The first kappa shape index (κ1) is 17.2. The molecule has 0 aliphatic heterocycles. The summed E-state index contributed by atoms with van der Waals surface area (Å²) in [5.74, 6) is -0.499. The van der Waals surface area contributed by atoms with Crippen molar-refractivity contribution >= 4 is 11.8 Å². The molecule has 0 spiro atoms. The van der Waals surface area contributed by atoms with Crippen LogP contribution in [0.4, 0.5) is 0 Å². The first-order chi connectivity index (χ1) is 9.97. The Morgan fingerprint density at radius 3 is 2.33 bits per heavy atom. The van der Waals surface area contributed by atoms with Gasteiger partial charge in [-0.2, -0.15) is 0 Å². The highest BCUT2D eigenvalue weighted by Gasteiger charge is 2.27. The maximum absolute atomic E-state index is 12.4. The SMILES string of the molecule is CC(C)C(=O)N(Cc1ccccc1)[C@H](C)C(=O)NCCO. The van der Waals surface area contributed by atoms with Crippen LogP contribution in [-0.4, -0.2) is 41.0 Å². The van der Waals surface area contributed by atoms with Crippen LogP contribution < -0.4 is 5.32 Å². The zero-order valence-corrected chi connectivity index (χ0v) is 12.9. The third-order valence-electron chi connectivity index (χ3n) is 3.23. The van der Waals surface area contributed by atoms with Gasteiger partial charge in [0.1, 0.15) is 6.04 Å². The number of aliphatic hydroxyl groups is 1. The molecule has 1 rings (SSSR count). The van der Waals surface area contributed by atoms with E-state index < -0.39 is 6.04 Å². The number of carbonyl (C=O) groups is 2. The van der Waals surface area contributed by atoms with Crippen LogP contribution in [-0.2, 0) is 16.1 Å². The van der Waals surface area contributed by atoms with E-state index >= 15 is 0 Å². The first-order valence-electron chi connectivity index (χ1n) is 7.20. The minimum atomic E-state index is -0.577. The molecule has 0 aromatic heterocycles. The number of hydrogen-bond acceptors (Lipinski definition) is 3. The summed E-state index contributed by atoms with van der Waals surface area (Å²) in [7, 11) is 0. The number of aliphatic hydroxyl groups excluding tert-OH is 1. The van der Waals surface area contributed by atoms with Gasteiger partial charge >= 0.3 is 0 Å². The van der Waals surface area contributed by atoms with Gasteiger partial charge in [-0.25, -0.2) is 0 Å². The molecular weight excluding hydrogens is 268 g/mol. The molecule has 1 aromatic rings. The second kappa shape index (κ2) is 8.42. The monoisotopic (exact) mass is 292 g/mol. The average Bonchev–Trinajstić information content (AvgIpc) is 2.49. The van der Waals surface area contributed by atoms with E-state index in [0.717, 1.165) is 5.56 Å². The minimum absolute atomic E-state index is 0.0644. The van der Waals surface area contributed by atoms with Crippen molar-refractivity contribution in [3.63, 3.8) is 0 Å². The standard InChI is InChI=1S/C16H24N2O3/c1-12(2)16(21)18(11-14-7-5-4-6-8-14)13(3)15(20)17-9-10-19/h4-8,12-13,19H,9-11H2,1-3H3,(H,17,20)/t13-/m1/s1. The van der Waals surface area contributed by atoms with Gasteiger partial charge in [-0.1, -0.05) is 44.2 Å². The van der Waals surface area contributed by atoms with Crippen molar-refractivity contribution in [3.05, 3.63) is 35.9 Å². The second-order valence-electron chi connectivity index (χ2n) is 5.30. The Hall–Kier alpha value is -1.88. The van der Waals surface area contributed by atoms with Gasteiger partial charge in [0.25, 0.3) is 0 Å². The smallest absolute Gasteiger partial charge is 0.242 e. The molecule has 0 unspecified atom stereocenters. The summed E-state index contributed by atoms with van der Waals surface area (Å²) in [6.07, 6.45) is 0. The number of amides is 2. The number of carbonyl (C=O) groups excluding carboxylic acids is 2. The molecule has 5 heteroatoms. The summed E-state index contributed by atoms with van der Waals surface area (Å²) in [5.41, 5.74) is 0.980. The molecular formula is C16H24N2O3. The molecule has 1 aromatic carbocycles. The molecule has 0 radical (unpaired) electrons. The highest BCUT2D eigenvalue weighted by molar-refractivity contribution is 5.88. The van der Waals surface area contributed by atoms with Crippen molar-refractivity contribution in [1.29, 1.82) is 0 Å². The van der Waals surface area contributed by atoms with Gasteiger partial charge in [-0.3, -0.25) is 9.59 Å². The number of rotatable bonds is 7. The van der Waals surface area contributed by atoms with Crippen LogP contribution in [0.25, 0.3) is 0 Å². The van der Waals surface area contributed by atoms with Crippen LogP contribution in [0.1, 0.15) is 26.3 Å². The zero-order chi connectivity index (χ0) is 15.8. The van der Waals surface area contributed by atoms with E-state index in [1.807, 2.05) is 44.2 Å². The van der Waals surface area contributed by atoms with Crippen molar-refractivity contribution in [3.8, 4) is 0 Å². The molecule has 0 fully saturated rings. The topological polar surface area (TPSA) is 69.6 Å². The van der Waals surface area contributed by atoms with Crippen molar-refractivity contribution in [2.45, 2.75) is 33.4 Å². The lowest BCUT2D eigenvalue weighted by Gasteiger charge is -2.30. The van der Waals surface area contributed by atoms with Gasteiger partial charge < -0.3 is 15.3 Å². The molecule has 1 atom stereocenters. The Labute approximate surface area is 126 Å². The fraction of sp³-hybridized carbons (Fsp3) is 0.500. The highest BCUT2D eigenvalue weighted by atomic mass is 16.3. The summed E-state index contributed by atoms with van der Waals surface area (Å²) < 4.78 is 0. The number of hydrogen-bond donors (Lipinski definition) is 2. The van der Waals surface area contributed by atoms with Gasteiger partial charge in [0.15, 0.2) is 0 Å².